The molecule has 2 aromatic carbocycles. The van der Waals surface area contributed by atoms with Crippen LogP contribution in [0.3, 0.4) is 0 Å². The van der Waals surface area contributed by atoms with Crippen LogP contribution in [0.15, 0.2) is 54.7 Å². The molecule has 0 radical (unpaired) electrons. The van der Waals surface area contributed by atoms with Gasteiger partial charge in [0, 0.05) is 29.7 Å². The predicted octanol–water partition coefficient (Wildman–Crippen LogP) is 4.28. The molecule has 1 aliphatic rings. The van der Waals surface area contributed by atoms with Crippen LogP contribution >= 0.6 is 0 Å². The van der Waals surface area contributed by atoms with Gasteiger partial charge in [0.25, 0.3) is 0 Å². The largest absolute Gasteiger partial charge is 0.350 e. The smallest absolute Gasteiger partial charge is 0.0484 e. The lowest BCUT2D eigenvalue weighted by atomic mass is 10.0. The first-order valence-electron chi connectivity index (χ1n) is 6.66. The molecule has 1 nitrogen and oxygen atoms in total. The number of allylic oxidation sites excluding steroid dienone is 1. The van der Waals surface area contributed by atoms with Crippen molar-refractivity contribution in [3.05, 3.63) is 71.4 Å². The van der Waals surface area contributed by atoms with Gasteiger partial charge in [0.1, 0.15) is 0 Å². The van der Waals surface area contributed by atoms with Crippen LogP contribution in [-0.4, -0.2) is 4.57 Å². The molecule has 3 aromatic rings. The van der Waals surface area contributed by atoms with Gasteiger partial charge >= 0.3 is 0 Å². The maximum absolute atomic E-state index is 2.33. The molecule has 0 amide bonds. The third kappa shape index (κ3) is 1.55. The van der Waals surface area contributed by atoms with Gasteiger partial charge in [-0.05, 0) is 29.2 Å². The third-order valence-corrected chi connectivity index (χ3v) is 4.01. The zero-order chi connectivity index (χ0) is 12.8. The highest BCUT2D eigenvalue weighted by Crippen LogP contribution is 2.35. The summed E-state index contributed by atoms with van der Waals surface area (Å²) in [6, 6.07) is 17.3. The van der Waals surface area contributed by atoms with Crippen molar-refractivity contribution in [2.45, 2.75) is 6.42 Å². The Morgan fingerprint density at radius 2 is 1.74 bits per heavy atom. The lowest BCUT2D eigenvalue weighted by Crippen LogP contribution is -1.84. The Labute approximate surface area is 112 Å². The SMILES string of the molecule is Cn1cc(C2=Cc3ccccc3C2)c2ccccc21. The molecular weight excluding hydrogens is 230 g/mol. The van der Waals surface area contributed by atoms with Gasteiger partial charge in [0.15, 0.2) is 0 Å². The lowest BCUT2D eigenvalue weighted by Gasteiger charge is -2.00. The topological polar surface area (TPSA) is 4.93 Å². The second kappa shape index (κ2) is 3.86. The molecule has 0 fully saturated rings. The average Bonchev–Trinajstić information content (AvgIpc) is 3.01. The van der Waals surface area contributed by atoms with Crippen LogP contribution in [0.4, 0.5) is 0 Å². The van der Waals surface area contributed by atoms with Gasteiger partial charge in [-0.2, -0.15) is 0 Å². The van der Waals surface area contributed by atoms with Crippen molar-refractivity contribution >= 4 is 22.6 Å². The van der Waals surface area contributed by atoms with E-state index in [0.717, 1.165) is 6.42 Å². The zero-order valence-electron chi connectivity index (χ0n) is 10.9. The highest BCUT2D eigenvalue weighted by molar-refractivity contribution is 5.99. The molecular formula is C18H15N. The van der Waals surface area contributed by atoms with Crippen LogP contribution in [0.1, 0.15) is 16.7 Å². The fourth-order valence-corrected chi connectivity index (χ4v) is 3.05. The standard InChI is InChI=1S/C18H15N/c1-19-12-17(16-8-4-5-9-18(16)19)15-10-13-6-2-3-7-14(13)11-15/h2-10,12H,11H2,1H3. The molecule has 0 N–H and O–H groups in total. The summed E-state index contributed by atoms with van der Waals surface area (Å²) in [7, 11) is 2.12. The molecule has 1 aliphatic carbocycles. The van der Waals surface area contributed by atoms with E-state index in [2.05, 4.69) is 72.4 Å². The number of nitrogens with zero attached hydrogens (tertiary/aromatic N) is 1. The number of aromatic nitrogens is 1. The van der Waals surface area contributed by atoms with Gasteiger partial charge in [0.05, 0.1) is 0 Å². The summed E-state index contributed by atoms with van der Waals surface area (Å²) in [6.07, 6.45) is 5.63. The fraction of sp³-hybridized carbons (Fsp3) is 0.111. The maximum Gasteiger partial charge on any atom is 0.0484 e. The molecule has 0 saturated carbocycles. The Kier molecular flexibility index (Phi) is 2.16. The molecule has 0 unspecified atom stereocenters. The number of fused-ring (bicyclic) bond motifs is 2. The first kappa shape index (κ1) is 10.6. The van der Waals surface area contributed by atoms with E-state index >= 15 is 0 Å². The van der Waals surface area contributed by atoms with E-state index in [1.54, 1.807) is 0 Å². The second-order valence-corrected chi connectivity index (χ2v) is 5.22. The van der Waals surface area contributed by atoms with Gasteiger partial charge in [-0.15, -0.1) is 0 Å². The predicted molar refractivity (Wildman–Crippen MR) is 80.9 cm³/mol. The molecule has 19 heavy (non-hydrogen) atoms. The second-order valence-electron chi connectivity index (χ2n) is 5.22. The van der Waals surface area contributed by atoms with Gasteiger partial charge < -0.3 is 4.57 Å². The first-order chi connectivity index (χ1) is 9.33. The van der Waals surface area contributed by atoms with Crippen LogP contribution in [0.5, 0.6) is 0 Å². The van der Waals surface area contributed by atoms with Crippen molar-refractivity contribution < 1.29 is 0 Å². The monoisotopic (exact) mass is 245 g/mol. The van der Waals surface area contributed by atoms with E-state index in [1.807, 2.05) is 0 Å². The molecule has 0 aliphatic heterocycles. The number of aryl methyl sites for hydroxylation is 1. The number of rotatable bonds is 1. The number of hydrogen-bond acceptors (Lipinski definition) is 0. The van der Waals surface area contributed by atoms with Crippen LogP contribution in [0.25, 0.3) is 22.6 Å². The molecule has 4 rings (SSSR count). The van der Waals surface area contributed by atoms with Crippen molar-refractivity contribution in [1.82, 2.24) is 4.57 Å². The average molecular weight is 245 g/mol. The van der Waals surface area contributed by atoms with Crippen molar-refractivity contribution in [1.29, 1.82) is 0 Å². The van der Waals surface area contributed by atoms with Crippen molar-refractivity contribution in [3.63, 3.8) is 0 Å². The molecule has 1 heterocycles. The normalized spacial score (nSPS) is 13.6. The summed E-state index contributed by atoms with van der Waals surface area (Å²) in [5.74, 6) is 0. The summed E-state index contributed by atoms with van der Waals surface area (Å²) in [4.78, 5) is 0. The number of benzene rings is 2. The Bertz CT molecular complexity index is 805. The highest BCUT2D eigenvalue weighted by Gasteiger charge is 2.16. The minimum atomic E-state index is 1.05. The van der Waals surface area contributed by atoms with E-state index in [1.165, 1.54) is 33.2 Å². The van der Waals surface area contributed by atoms with E-state index in [4.69, 9.17) is 0 Å². The quantitative estimate of drug-likeness (QED) is 0.603. The molecule has 0 bridgehead atoms. The highest BCUT2D eigenvalue weighted by atomic mass is 14.9. The zero-order valence-corrected chi connectivity index (χ0v) is 10.9. The third-order valence-electron chi connectivity index (χ3n) is 4.01. The molecule has 92 valence electrons. The van der Waals surface area contributed by atoms with E-state index in [9.17, 15) is 0 Å². The number of hydrogen-bond donors (Lipinski definition) is 0. The lowest BCUT2D eigenvalue weighted by molar-refractivity contribution is 0.967. The first-order valence-corrected chi connectivity index (χ1v) is 6.66. The Hall–Kier alpha value is -2.28. The van der Waals surface area contributed by atoms with E-state index in [0.29, 0.717) is 0 Å². The minimum absolute atomic E-state index is 1.05. The molecule has 1 heteroatoms. The summed E-state index contributed by atoms with van der Waals surface area (Å²) < 4.78 is 2.22. The van der Waals surface area contributed by atoms with Crippen molar-refractivity contribution in [2.75, 3.05) is 0 Å². The van der Waals surface area contributed by atoms with E-state index in [-0.39, 0.29) is 0 Å². The van der Waals surface area contributed by atoms with Crippen molar-refractivity contribution in [2.24, 2.45) is 7.05 Å². The van der Waals surface area contributed by atoms with Crippen LogP contribution < -0.4 is 0 Å². The minimum Gasteiger partial charge on any atom is -0.350 e. The molecule has 0 saturated heterocycles. The molecule has 1 aromatic heterocycles. The molecule has 0 atom stereocenters. The van der Waals surface area contributed by atoms with Gasteiger partial charge in [0.2, 0.25) is 0 Å². The summed E-state index contributed by atoms with van der Waals surface area (Å²) in [6.45, 7) is 0. The Morgan fingerprint density at radius 3 is 2.63 bits per heavy atom. The van der Waals surface area contributed by atoms with Crippen molar-refractivity contribution in [3.8, 4) is 0 Å². The number of para-hydroxylation sites is 1. The van der Waals surface area contributed by atoms with Gasteiger partial charge in [-0.3, -0.25) is 0 Å². The summed E-state index contributed by atoms with van der Waals surface area (Å²) in [5, 5.41) is 1.35. The van der Waals surface area contributed by atoms with Crippen LogP contribution in [-0.2, 0) is 13.5 Å². The Balaban J connectivity index is 1.90. The van der Waals surface area contributed by atoms with E-state index < -0.39 is 0 Å². The fourth-order valence-electron chi connectivity index (χ4n) is 3.05. The van der Waals surface area contributed by atoms with Crippen LogP contribution in [0.2, 0.25) is 0 Å². The van der Waals surface area contributed by atoms with Crippen LogP contribution in [0, 0.1) is 0 Å². The Morgan fingerprint density at radius 1 is 0.947 bits per heavy atom. The summed E-state index contributed by atoms with van der Waals surface area (Å²) >= 11 is 0. The summed E-state index contributed by atoms with van der Waals surface area (Å²) in [5.41, 5.74) is 6.90. The van der Waals surface area contributed by atoms with Gasteiger partial charge in [-0.1, -0.05) is 48.5 Å². The van der Waals surface area contributed by atoms with Gasteiger partial charge in [-0.25, -0.2) is 0 Å². The molecule has 0 spiro atoms. The maximum atomic E-state index is 2.33.